The molecule has 0 fully saturated rings. The van der Waals surface area contributed by atoms with Crippen LogP contribution in [0.1, 0.15) is 47.1 Å². The van der Waals surface area contributed by atoms with Gasteiger partial charge in [0.25, 0.3) is 0 Å². The maximum absolute atomic E-state index is 10.1. The smallest absolute Gasteiger partial charge is 0.477 e. The van der Waals surface area contributed by atoms with Gasteiger partial charge < -0.3 is 58.4 Å². The number of rotatable bonds is 11. The van der Waals surface area contributed by atoms with E-state index in [2.05, 4.69) is 274 Å². The Balaban J connectivity index is 0.000000148. The number of aromatic nitrogens is 27. The van der Waals surface area contributed by atoms with Gasteiger partial charge in [-0.2, -0.15) is 127 Å². The normalized spacial score (nSPS) is 10.7. The maximum atomic E-state index is 10.1. The molecule has 746 valence electrons. The molecule has 2 unspecified atom stereocenters. The van der Waals surface area contributed by atoms with Crippen LogP contribution in [0.2, 0.25) is 0 Å². The first kappa shape index (κ1) is 110. The molecule has 0 spiro atoms. The van der Waals surface area contributed by atoms with Crippen LogP contribution in [0.4, 0.5) is 0 Å². The average molecular weight is 2850 g/mol. The van der Waals surface area contributed by atoms with Gasteiger partial charge in [-0.1, -0.05) is 137 Å². The number of hydrogen-bond acceptors (Lipinski definition) is 24. The number of hydrogen-bond donors (Lipinski definition) is 4. The molecular weight excluding hydrogens is 2770 g/mol. The Hall–Kier alpha value is -16.4. The molecule has 0 saturated carbocycles. The van der Waals surface area contributed by atoms with E-state index < -0.39 is 11.9 Å². The van der Waals surface area contributed by atoms with Gasteiger partial charge in [0.1, 0.15) is 5.69 Å². The molecule has 26 rings (SSSR count). The molecule has 148 heavy (non-hydrogen) atoms. The molecule has 16 heterocycles. The molecule has 0 amide bonds. The van der Waals surface area contributed by atoms with Crippen molar-refractivity contribution in [2.75, 3.05) is 0 Å². The number of carboxylic acid groups (broad SMARTS) is 2. The monoisotopic (exact) mass is 2850 g/mol. The van der Waals surface area contributed by atoms with Crippen molar-refractivity contribution in [3.8, 4) is 52.3 Å². The van der Waals surface area contributed by atoms with Crippen LogP contribution in [0.3, 0.4) is 0 Å². The number of aromatic carboxylic acids is 2. The fourth-order valence-electron chi connectivity index (χ4n) is 15.5. The zero-order chi connectivity index (χ0) is 98.4. The van der Waals surface area contributed by atoms with E-state index in [1.54, 1.807) is 138 Å². The quantitative estimate of drug-likeness (QED) is 0.0874. The molecule has 0 radical (unpaired) electrons. The second kappa shape index (κ2) is 55.1. The van der Waals surface area contributed by atoms with Crippen molar-refractivity contribution < 1.29 is 135 Å². The van der Waals surface area contributed by atoms with Crippen LogP contribution in [0.25, 0.3) is 161 Å². The second-order valence-electron chi connectivity index (χ2n) is 30.9. The second-order valence-corrected chi connectivity index (χ2v) is 30.9. The SMILES string of the molecule is CC(O)CC(C)O.Cc1n[n-]c(-c2ccccn2)n1.O=C(O)c1ccccn1.O=C(O)c1cnccn1.[Pt+2].[Pt+2].[Pt].[Pt].[Pt].[c-]1cccc2c3ccccc3n(-c3cnccn3)c12.[c-]1cccc2c3ccccc3n(-c3cnccn3)c12.[c-]1cccc2c3ccccc3n(-c3cnccn3)c12.[c-]1cccc2c3ccccc3n(-c3cnccn3)c12.[c-]1cccc2c3ccccc3n(-c3ncccn3)c12.c1ccc(-c2nnn[n-]2)nc1. The van der Waals surface area contributed by atoms with Gasteiger partial charge in [-0.3, -0.25) is 50.3 Å². The molecule has 0 aliphatic rings. The molecule has 33 nitrogen and oxygen atoms in total. The number of fused-ring (bicyclic) bond motifs is 15. The summed E-state index contributed by atoms with van der Waals surface area (Å²) in [5.74, 6) is 3.63. The van der Waals surface area contributed by atoms with E-state index in [0.29, 0.717) is 35.5 Å². The third-order valence-electron chi connectivity index (χ3n) is 21.3. The molecule has 26 aromatic rings. The minimum atomic E-state index is -1.05. The van der Waals surface area contributed by atoms with Crippen molar-refractivity contribution in [3.05, 3.63) is 444 Å². The number of carboxylic acids is 2. The standard InChI is InChI=1S/5C16H10N3.C8H7N4.C6H4N5.C6H5NO2.C5H4N2O2.C5H12O2.5Pt/c1-3-8-14-12(6-1)13-7-2-4-9-15(13)19(14)16-17-10-5-11-18-16;4*1-3-7-14-12(5-1)13-6-2-4-8-15(13)19(14)16-11-17-9-10-18-16;1-6-10-8(12-11-6)7-4-2-3-5-9-7;1-2-4-7-5(3-1)6-8-10-11-9-6;8-6(9)5-3-1-2-4-7-5;8-5(9)4-3-6-1-2-7-4;1-4(6)3-5(2)7;;;;;/h1-8,10-11H;4*1-7,9-11H;2-5H,1H3;1-4H;1-4H,(H,8,9);1-3H,(H,8,9);4-7H,3H2,1-2H3;;;;;/q7*-1;;;;;;;2*+2. The van der Waals surface area contributed by atoms with E-state index in [9.17, 15) is 9.59 Å². The summed E-state index contributed by atoms with van der Waals surface area (Å²) in [7, 11) is 0. The Labute approximate surface area is 917 Å². The summed E-state index contributed by atoms with van der Waals surface area (Å²) < 4.78 is 10.4. The fraction of sp³-hybridized carbons (Fsp3) is 0.0545. The van der Waals surface area contributed by atoms with Crippen molar-refractivity contribution >= 4 is 121 Å². The first-order valence-corrected chi connectivity index (χ1v) is 44.5. The van der Waals surface area contributed by atoms with Crippen LogP contribution >= 0.6 is 0 Å². The van der Waals surface area contributed by atoms with E-state index in [0.717, 1.165) is 84.1 Å². The van der Waals surface area contributed by atoms with E-state index in [-0.39, 0.29) is 129 Å². The van der Waals surface area contributed by atoms with Gasteiger partial charge in [0, 0.05) is 190 Å². The summed E-state index contributed by atoms with van der Waals surface area (Å²) in [6.07, 6.45) is 32.7. The molecule has 0 aliphatic heterocycles. The van der Waals surface area contributed by atoms with Crippen LogP contribution in [-0.4, -0.2) is 168 Å². The third kappa shape index (κ3) is 27.0. The summed E-state index contributed by atoms with van der Waals surface area (Å²) in [6, 6.07) is 106. The predicted octanol–water partition coefficient (Wildman–Crippen LogP) is 18.6. The number of para-hydroxylation sites is 10. The molecule has 10 aromatic carbocycles. The molecule has 0 aliphatic carbocycles. The van der Waals surface area contributed by atoms with E-state index >= 15 is 0 Å². The van der Waals surface area contributed by atoms with Crippen LogP contribution < -0.4 is 10.2 Å². The van der Waals surface area contributed by atoms with Gasteiger partial charge in [-0.25, -0.2) is 49.5 Å². The minimum absolute atomic E-state index is 0. The Morgan fingerprint density at radius 1 is 0.311 bits per heavy atom. The number of aliphatic hydroxyl groups is 2. The molecule has 0 bridgehead atoms. The number of pyridine rings is 3. The van der Waals surface area contributed by atoms with Gasteiger partial charge in [0.15, 0.2) is 29.0 Å². The van der Waals surface area contributed by atoms with Crippen molar-refractivity contribution in [2.45, 2.75) is 39.4 Å². The van der Waals surface area contributed by atoms with E-state index in [4.69, 9.17) is 20.4 Å². The summed E-state index contributed by atoms with van der Waals surface area (Å²) in [4.78, 5) is 86.0. The Bertz CT molecular complexity index is 7440. The molecule has 2 atom stereocenters. The number of nitrogens with zero attached hydrogens (tertiary/aromatic N) is 27. The Kier molecular flexibility index (Phi) is 41.1. The van der Waals surface area contributed by atoms with Crippen LogP contribution in [0, 0.1) is 37.3 Å². The number of benzene rings is 10. The van der Waals surface area contributed by atoms with Gasteiger partial charge in [0.05, 0.1) is 60.4 Å². The van der Waals surface area contributed by atoms with Gasteiger partial charge in [-0.05, 0) is 133 Å². The number of tetrazole rings is 1. The molecule has 4 N–H and O–H groups in total. The van der Waals surface area contributed by atoms with Gasteiger partial charge in [0.2, 0.25) is 5.95 Å². The molecule has 38 heteroatoms. The Morgan fingerprint density at radius 3 is 0.872 bits per heavy atom. The molecular formula is C110H82N27O6Pt5-3. The minimum Gasteiger partial charge on any atom is -0.477 e. The number of aryl methyl sites for hydroxylation is 1. The van der Waals surface area contributed by atoms with Crippen molar-refractivity contribution in [1.29, 1.82) is 0 Å². The zero-order valence-electron chi connectivity index (χ0n) is 78.2. The first-order chi connectivity index (χ1) is 70.3. The van der Waals surface area contributed by atoms with Crippen molar-refractivity contribution in [1.82, 2.24) is 133 Å². The summed E-state index contributed by atoms with van der Waals surface area (Å²) >= 11 is 0. The maximum Gasteiger partial charge on any atom is 2.00 e. The van der Waals surface area contributed by atoms with E-state index in [1.165, 1.54) is 84.7 Å². The molecule has 16 aromatic heterocycles. The topological polar surface area (TPSA) is 426 Å². The van der Waals surface area contributed by atoms with Crippen LogP contribution in [0.5, 0.6) is 0 Å². The summed E-state index contributed by atoms with van der Waals surface area (Å²) in [5.41, 5.74) is 12.2. The third-order valence-corrected chi connectivity index (χ3v) is 21.3. The summed E-state index contributed by atoms with van der Waals surface area (Å²) in [6.45, 7) is 5.12. The van der Waals surface area contributed by atoms with Gasteiger partial charge >= 0.3 is 54.1 Å². The van der Waals surface area contributed by atoms with Crippen molar-refractivity contribution in [3.63, 3.8) is 0 Å². The van der Waals surface area contributed by atoms with E-state index in [1.807, 2.05) is 138 Å². The Morgan fingerprint density at radius 2 is 0.608 bits per heavy atom. The fourth-order valence-corrected chi connectivity index (χ4v) is 15.5. The average Bonchev–Trinajstić information content (AvgIpc) is 1.62. The van der Waals surface area contributed by atoms with Crippen LogP contribution in [0.15, 0.2) is 397 Å². The summed E-state index contributed by atoms with van der Waals surface area (Å²) in [5, 5.41) is 67.3. The van der Waals surface area contributed by atoms with Crippen molar-refractivity contribution in [2.24, 2.45) is 0 Å². The largest absolute Gasteiger partial charge is 2.00 e. The first-order valence-electron chi connectivity index (χ1n) is 44.5. The predicted molar refractivity (Wildman–Crippen MR) is 544 cm³/mol. The molecule has 0 saturated heterocycles. The zero-order valence-corrected chi connectivity index (χ0v) is 89.5. The van der Waals surface area contributed by atoms with Gasteiger partial charge in [-0.15, -0.1) is 26.9 Å². The number of carbonyl (C=O) groups is 2. The van der Waals surface area contributed by atoms with Crippen LogP contribution in [-0.2, 0) is 105 Å². The number of aliphatic hydroxyl groups excluding tert-OH is 2.